The van der Waals surface area contributed by atoms with Crippen molar-refractivity contribution in [1.82, 2.24) is 19.9 Å². The fourth-order valence-electron chi connectivity index (χ4n) is 6.33. The molecule has 2 aromatic heterocycles. The van der Waals surface area contributed by atoms with Crippen LogP contribution in [0.5, 0.6) is 46.8 Å². The Kier molecular flexibility index (Phi) is 12.4. The molecular weight excluding hydrogens is 861 g/mol. The van der Waals surface area contributed by atoms with Crippen LogP contribution in [0.3, 0.4) is 0 Å². The molecule has 0 saturated heterocycles. The van der Waals surface area contributed by atoms with E-state index < -0.39 is 30.2 Å². The van der Waals surface area contributed by atoms with Crippen molar-refractivity contribution in [3.8, 4) is 46.8 Å². The summed E-state index contributed by atoms with van der Waals surface area (Å²) in [5.74, 6) is 0.847. The lowest BCUT2D eigenvalue weighted by molar-refractivity contribution is 0.412. The number of benzene rings is 5. The largest absolute Gasteiger partial charge is 0.439 e. The lowest BCUT2D eigenvalue weighted by atomic mass is 9.96. The molecule has 322 valence electrons. The molecule has 0 amide bonds. The number of aromatic nitrogens is 4. The van der Waals surface area contributed by atoms with Crippen LogP contribution in [0.2, 0.25) is 0 Å². The SMILES string of the molecule is O=S(=O)(O)C1(S(=O)(=O)O)C=C(Nc2cc(Oc3ccccc3)nc(Oc3ccccc3)n2)C=CC1C=Cc1ccc(Nc2cc(Oc3ccccc3)nc(Oc3ccccc3)n2)cc1. The molecular formula is C46H36N6O10S2. The Morgan fingerprint density at radius 3 is 1.39 bits per heavy atom. The van der Waals surface area contributed by atoms with Crippen LogP contribution in [0.25, 0.3) is 6.08 Å². The third-order valence-electron chi connectivity index (χ3n) is 9.26. The smallest absolute Gasteiger partial charge is 0.327 e. The number of nitrogens with one attached hydrogen (secondary N) is 2. The van der Waals surface area contributed by atoms with Gasteiger partial charge in [-0.1, -0.05) is 103 Å². The molecule has 16 nitrogen and oxygen atoms in total. The highest BCUT2D eigenvalue weighted by atomic mass is 32.3. The third kappa shape index (κ3) is 10.4. The minimum absolute atomic E-state index is 0.00752. The van der Waals surface area contributed by atoms with Crippen LogP contribution >= 0.6 is 0 Å². The summed E-state index contributed by atoms with van der Waals surface area (Å²) in [5, 5.41) is 6.03. The summed E-state index contributed by atoms with van der Waals surface area (Å²) in [6, 6.07) is 45.0. The zero-order valence-electron chi connectivity index (χ0n) is 33.2. The first-order valence-corrected chi connectivity index (χ1v) is 22.1. The van der Waals surface area contributed by atoms with E-state index in [2.05, 4.69) is 30.6 Å². The van der Waals surface area contributed by atoms with E-state index in [1.165, 1.54) is 30.4 Å². The van der Waals surface area contributed by atoms with Gasteiger partial charge in [0.15, 0.2) is 0 Å². The van der Waals surface area contributed by atoms with Gasteiger partial charge in [0.1, 0.15) is 34.6 Å². The van der Waals surface area contributed by atoms with Gasteiger partial charge < -0.3 is 29.6 Å². The minimum Gasteiger partial charge on any atom is -0.439 e. The van der Waals surface area contributed by atoms with Crippen molar-refractivity contribution in [1.29, 1.82) is 0 Å². The quantitative estimate of drug-likeness (QED) is 0.0663. The Balaban J connectivity index is 1.04. The van der Waals surface area contributed by atoms with Crippen LogP contribution in [0.4, 0.5) is 17.3 Å². The molecule has 5 aromatic carbocycles. The number of hydrogen-bond acceptors (Lipinski definition) is 14. The summed E-state index contributed by atoms with van der Waals surface area (Å²) in [5.41, 5.74) is 0.922. The van der Waals surface area contributed by atoms with Crippen molar-refractivity contribution in [3.63, 3.8) is 0 Å². The average Bonchev–Trinajstić information content (AvgIpc) is 3.27. The zero-order valence-corrected chi connectivity index (χ0v) is 34.9. The van der Waals surface area contributed by atoms with E-state index in [4.69, 9.17) is 18.9 Å². The Bertz CT molecular complexity index is 2900. The second-order valence-corrected chi connectivity index (χ2v) is 17.3. The van der Waals surface area contributed by atoms with Crippen LogP contribution in [0.15, 0.2) is 188 Å². The molecule has 8 rings (SSSR count). The van der Waals surface area contributed by atoms with Gasteiger partial charge in [-0.3, -0.25) is 9.11 Å². The zero-order chi connectivity index (χ0) is 44.6. The predicted octanol–water partition coefficient (Wildman–Crippen LogP) is 9.85. The predicted molar refractivity (Wildman–Crippen MR) is 239 cm³/mol. The van der Waals surface area contributed by atoms with Crippen molar-refractivity contribution >= 4 is 43.6 Å². The van der Waals surface area contributed by atoms with Crippen LogP contribution in [-0.4, -0.2) is 50.0 Å². The lowest BCUT2D eigenvalue weighted by Crippen LogP contribution is -2.50. The monoisotopic (exact) mass is 896 g/mol. The Morgan fingerprint density at radius 1 is 0.531 bits per heavy atom. The standard InChI is InChI=1S/C46H36N6O10S2/c53-63(54,55)46(64(56,57)58)31-35(48-41-30-43(60-37-15-7-2-8-16-37)52-45(50-41)62-39-19-11-4-12-20-39)28-25-33(46)24-21-32-22-26-34(27-23-32)47-40-29-42(59-36-13-5-1-6-14-36)51-44(49-40)61-38-17-9-3-10-18-38/h1-31,33H,(H,47,49,51)(H,48,50,52)(H,53,54,55)(H,56,57,58). The second kappa shape index (κ2) is 18.6. The molecule has 1 aliphatic carbocycles. The molecule has 2 heterocycles. The summed E-state index contributed by atoms with van der Waals surface area (Å²) >= 11 is 0. The van der Waals surface area contributed by atoms with Gasteiger partial charge in [-0.2, -0.15) is 36.8 Å². The summed E-state index contributed by atoms with van der Waals surface area (Å²) in [7, 11) is -11.2. The number of para-hydroxylation sites is 4. The molecule has 0 radical (unpaired) electrons. The van der Waals surface area contributed by atoms with Crippen molar-refractivity contribution in [2.45, 2.75) is 4.08 Å². The molecule has 64 heavy (non-hydrogen) atoms. The number of hydrogen-bond donors (Lipinski definition) is 4. The molecule has 0 saturated carbocycles. The van der Waals surface area contributed by atoms with Gasteiger partial charge in [0.25, 0.3) is 24.3 Å². The molecule has 1 aliphatic rings. The van der Waals surface area contributed by atoms with Gasteiger partial charge in [0.05, 0.1) is 0 Å². The summed E-state index contributed by atoms with van der Waals surface area (Å²) in [4.78, 5) is 17.5. The van der Waals surface area contributed by atoms with Crippen molar-refractivity contribution in [3.05, 3.63) is 193 Å². The number of nitrogens with zero attached hydrogens (tertiary/aromatic N) is 4. The number of ether oxygens (including phenoxy) is 4. The average molecular weight is 897 g/mol. The molecule has 1 atom stereocenters. The van der Waals surface area contributed by atoms with E-state index >= 15 is 0 Å². The Labute approximate surface area is 367 Å². The first kappa shape index (κ1) is 42.8. The van der Waals surface area contributed by atoms with Gasteiger partial charge in [-0.05, 0) is 78.4 Å². The lowest BCUT2D eigenvalue weighted by Gasteiger charge is -2.32. The van der Waals surface area contributed by atoms with Gasteiger partial charge in [-0.25, -0.2) is 0 Å². The molecule has 4 N–H and O–H groups in total. The normalized spacial score (nSPS) is 14.6. The molecule has 1 unspecified atom stereocenters. The number of allylic oxidation sites excluding steroid dienone is 3. The first-order chi connectivity index (χ1) is 30.9. The molecule has 0 aliphatic heterocycles. The van der Waals surface area contributed by atoms with E-state index in [9.17, 15) is 25.9 Å². The summed E-state index contributed by atoms with van der Waals surface area (Å²) < 4.78 is 94.0. The number of rotatable bonds is 16. The maximum absolute atomic E-state index is 13.1. The van der Waals surface area contributed by atoms with Gasteiger partial charge in [0, 0.05) is 29.4 Å². The third-order valence-corrected chi connectivity index (χ3v) is 12.9. The maximum atomic E-state index is 13.1. The molecule has 0 spiro atoms. The minimum atomic E-state index is -5.59. The van der Waals surface area contributed by atoms with Gasteiger partial charge in [0.2, 0.25) is 11.8 Å². The summed E-state index contributed by atoms with van der Waals surface area (Å²) in [6.07, 6.45) is 5.97. The van der Waals surface area contributed by atoms with E-state index in [1.807, 2.05) is 36.4 Å². The van der Waals surface area contributed by atoms with Crippen LogP contribution in [0, 0.1) is 5.92 Å². The number of anilines is 3. The second-order valence-electron chi connectivity index (χ2n) is 13.8. The van der Waals surface area contributed by atoms with Gasteiger partial charge in [-0.15, -0.1) is 0 Å². The highest BCUT2D eigenvalue weighted by molar-refractivity contribution is 8.05. The van der Waals surface area contributed by atoms with E-state index in [1.54, 1.807) is 115 Å². The van der Waals surface area contributed by atoms with Crippen molar-refractivity contribution < 1.29 is 44.9 Å². The molecule has 7 aromatic rings. The van der Waals surface area contributed by atoms with E-state index in [0.29, 0.717) is 46.1 Å². The van der Waals surface area contributed by atoms with Crippen LogP contribution in [0.1, 0.15) is 5.56 Å². The maximum Gasteiger partial charge on any atom is 0.327 e. The van der Waals surface area contributed by atoms with Crippen LogP contribution in [-0.2, 0) is 20.2 Å². The van der Waals surface area contributed by atoms with Crippen LogP contribution < -0.4 is 29.6 Å². The summed E-state index contributed by atoms with van der Waals surface area (Å²) in [6.45, 7) is 0. The first-order valence-electron chi connectivity index (χ1n) is 19.3. The molecule has 0 bridgehead atoms. The Morgan fingerprint density at radius 2 is 0.953 bits per heavy atom. The van der Waals surface area contributed by atoms with Gasteiger partial charge >= 0.3 is 12.0 Å². The fourth-order valence-corrected chi connectivity index (χ4v) is 8.95. The van der Waals surface area contributed by atoms with Crippen molar-refractivity contribution in [2.24, 2.45) is 5.92 Å². The topological polar surface area (TPSA) is 221 Å². The van der Waals surface area contributed by atoms with E-state index in [0.717, 1.165) is 0 Å². The highest BCUT2D eigenvalue weighted by Crippen LogP contribution is 2.40. The molecule has 18 heteroatoms. The highest BCUT2D eigenvalue weighted by Gasteiger charge is 2.58. The molecule has 0 fully saturated rings. The van der Waals surface area contributed by atoms with E-state index in [-0.39, 0.29) is 35.3 Å². The van der Waals surface area contributed by atoms with Crippen molar-refractivity contribution in [2.75, 3.05) is 10.6 Å². The Hall–Kier alpha value is -7.90. The fraction of sp³-hybridized carbons (Fsp3) is 0.0435.